The molecule has 4 aromatic rings. The quantitative estimate of drug-likeness (QED) is 0.481. The lowest BCUT2D eigenvalue weighted by molar-refractivity contribution is 0.112. The molecular weight excluding hydrogens is 393 g/mol. The van der Waals surface area contributed by atoms with Gasteiger partial charge in [0, 0.05) is 49.8 Å². The molecular formula is C24H22FN5O. The van der Waals surface area contributed by atoms with Gasteiger partial charge in [-0.15, -0.1) is 0 Å². The summed E-state index contributed by atoms with van der Waals surface area (Å²) in [7, 11) is 0. The van der Waals surface area contributed by atoms with Gasteiger partial charge in [-0.25, -0.2) is 9.37 Å². The van der Waals surface area contributed by atoms with E-state index in [2.05, 4.69) is 20.5 Å². The van der Waals surface area contributed by atoms with Crippen molar-refractivity contribution in [2.24, 2.45) is 0 Å². The van der Waals surface area contributed by atoms with E-state index in [-0.39, 0.29) is 5.82 Å². The number of hydrogen-bond donors (Lipinski definition) is 2. The molecule has 1 fully saturated rings. The molecule has 0 spiro atoms. The molecule has 6 nitrogen and oxygen atoms in total. The molecule has 2 N–H and O–H groups in total. The molecule has 0 amide bonds. The van der Waals surface area contributed by atoms with Crippen LogP contribution >= 0.6 is 0 Å². The molecule has 0 unspecified atom stereocenters. The fraction of sp³-hybridized carbons (Fsp3) is 0.167. The summed E-state index contributed by atoms with van der Waals surface area (Å²) in [6, 6.07) is 16.6. The highest BCUT2D eigenvalue weighted by atomic mass is 19.1. The van der Waals surface area contributed by atoms with Gasteiger partial charge in [0.25, 0.3) is 0 Å². The number of carbonyl (C=O) groups excluding carboxylic acids is 1. The largest absolute Gasteiger partial charge is 0.367 e. The van der Waals surface area contributed by atoms with E-state index in [0.29, 0.717) is 16.9 Å². The van der Waals surface area contributed by atoms with E-state index in [1.54, 1.807) is 18.3 Å². The summed E-state index contributed by atoms with van der Waals surface area (Å²) in [5.74, 6) is -0.238. The molecule has 2 aromatic heterocycles. The number of anilines is 3. The zero-order chi connectivity index (χ0) is 21.2. The summed E-state index contributed by atoms with van der Waals surface area (Å²) in [4.78, 5) is 17.5. The monoisotopic (exact) mass is 415 g/mol. The highest BCUT2D eigenvalue weighted by molar-refractivity contribution is 5.80. The number of imidazole rings is 1. The highest BCUT2D eigenvalue weighted by Crippen LogP contribution is 2.29. The van der Waals surface area contributed by atoms with Crippen molar-refractivity contribution in [3.05, 3.63) is 78.4 Å². The van der Waals surface area contributed by atoms with E-state index in [1.165, 1.54) is 6.07 Å². The molecule has 2 aromatic carbocycles. The van der Waals surface area contributed by atoms with E-state index in [9.17, 15) is 9.18 Å². The average molecular weight is 415 g/mol. The Bertz CT molecular complexity index is 1230. The number of benzene rings is 2. The van der Waals surface area contributed by atoms with Crippen molar-refractivity contribution in [2.45, 2.75) is 0 Å². The zero-order valence-electron chi connectivity index (χ0n) is 16.9. The lowest BCUT2D eigenvalue weighted by Crippen LogP contribution is -2.43. The van der Waals surface area contributed by atoms with E-state index in [4.69, 9.17) is 0 Å². The molecule has 1 aliphatic heterocycles. The van der Waals surface area contributed by atoms with E-state index >= 15 is 0 Å². The maximum Gasteiger partial charge on any atom is 0.161 e. The van der Waals surface area contributed by atoms with Crippen LogP contribution in [-0.4, -0.2) is 41.8 Å². The molecule has 7 heteroatoms. The Kier molecular flexibility index (Phi) is 5.09. The van der Waals surface area contributed by atoms with Gasteiger partial charge in [0.15, 0.2) is 5.65 Å². The van der Waals surface area contributed by atoms with Crippen molar-refractivity contribution >= 4 is 29.0 Å². The van der Waals surface area contributed by atoms with Crippen molar-refractivity contribution in [1.29, 1.82) is 0 Å². The number of hydrogen-bond acceptors (Lipinski definition) is 5. The highest BCUT2D eigenvalue weighted by Gasteiger charge is 2.15. The maximum atomic E-state index is 14.8. The third kappa shape index (κ3) is 3.75. The second-order valence-corrected chi connectivity index (χ2v) is 7.52. The first-order valence-corrected chi connectivity index (χ1v) is 10.3. The molecule has 5 rings (SSSR count). The van der Waals surface area contributed by atoms with Crippen molar-refractivity contribution < 1.29 is 9.18 Å². The van der Waals surface area contributed by atoms with E-state index in [0.717, 1.165) is 55.1 Å². The molecule has 1 saturated heterocycles. The number of fused-ring (bicyclic) bond motifs is 1. The lowest BCUT2D eigenvalue weighted by atomic mass is 10.1. The fourth-order valence-electron chi connectivity index (χ4n) is 3.98. The minimum Gasteiger partial charge on any atom is -0.367 e. The number of halogens is 1. The van der Waals surface area contributed by atoms with Crippen LogP contribution in [0.2, 0.25) is 0 Å². The third-order valence-electron chi connectivity index (χ3n) is 5.58. The van der Waals surface area contributed by atoms with Gasteiger partial charge < -0.3 is 15.5 Å². The lowest BCUT2D eigenvalue weighted by Gasteiger charge is -2.29. The summed E-state index contributed by atoms with van der Waals surface area (Å²) >= 11 is 0. The smallest absolute Gasteiger partial charge is 0.161 e. The summed E-state index contributed by atoms with van der Waals surface area (Å²) in [5.41, 5.74) is 5.39. The number of rotatable bonds is 5. The number of nitrogens with zero attached hydrogens (tertiary/aromatic N) is 3. The van der Waals surface area contributed by atoms with Crippen molar-refractivity contribution in [1.82, 2.24) is 14.7 Å². The van der Waals surface area contributed by atoms with Crippen LogP contribution in [0.4, 0.5) is 21.5 Å². The maximum absolute atomic E-state index is 14.8. The van der Waals surface area contributed by atoms with Crippen LogP contribution in [-0.2, 0) is 0 Å². The second kappa shape index (κ2) is 8.20. The second-order valence-electron chi connectivity index (χ2n) is 7.52. The minimum absolute atomic E-state index is 0.238. The summed E-state index contributed by atoms with van der Waals surface area (Å²) in [6.07, 6.45) is 4.45. The van der Waals surface area contributed by atoms with Gasteiger partial charge in [-0.2, -0.15) is 0 Å². The predicted molar refractivity (Wildman–Crippen MR) is 121 cm³/mol. The van der Waals surface area contributed by atoms with Crippen LogP contribution < -0.4 is 15.5 Å². The fourth-order valence-corrected chi connectivity index (χ4v) is 3.98. The van der Waals surface area contributed by atoms with Crippen molar-refractivity contribution in [3.8, 4) is 11.3 Å². The van der Waals surface area contributed by atoms with Gasteiger partial charge in [-0.05, 0) is 35.9 Å². The van der Waals surface area contributed by atoms with Crippen molar-refractivity contribution in [2.75, 3.05) is 36.4 Å². The number of pyridine rings is 1. The summed E-state index contributed by atoms with van der Waals surface area (Å²) in [5, 5.41) is 6.58. The Hall–Kier alpha value is -3.71. The van der Waals surface area contributed by atoms with Crippen molar-refractivity contribution in [3.63, 3.8) is 0 Å². The molecule has 0 bridgehead atoms. The standard InChI is InChI=1S/C24H22FN5O/c25-20-15-19(5-7-23(20)29-12-9-26-10-13-29)28-21-6-8-22(30-14-11-27-24(21)30)18-3-1-17(16-31)2-4-18/h1-8,11,14-16,26,28H,9-10,12-13H2. The Labute approximate surface area is 179 Å². The number of aromatic nitrogens is 2. The van der Waals surface area contributed by atoms with Crippen LogP contribution in [0.25, 0.3) is 16.9 Å². The number of aldehydes is 1. The molecule has 0 saturated carbocycles. The molecule has 31 heavy (non-hydrogen) atoms. The normalized spacial score (nSPS) is 14.0. The third-order valence-corrected chi connectivity index (χ3v) is 5.58. The number of nitrogens with one attached hydrogen (secondary N) is 2. The average Bonchev–Trinajstić information content (AvgIpc) is 3.31. The zero-order valence-corrected chi connectivity index (χ0v) is 16.9. The van der Waals surface area contributed by atoms with Crippen LogP contribution in [0.1, 0.15) is 10.4 Å². The number of carbonyl (C=O) groups is 1. The van der Waals surface area contributed by atoms with E-state index in [1.807, 2.05) is 47.0 Å². The van der Waals surface area contributed by atoms with Crippen LogP contribution in [0.15, 0.2) is 67.0 Å². The van der Waals surface area contributed by atoms with Crippen LogP contribution in [0.3, 0.4) is 0 Å². The Morgan fingerprint density at radius 1 is 1.03 bits per heavy atom. The van der Waals surface area contributed by atoms with Gasteiger partial charge in [0.05, 0.1) is 17.1 Å². The first-order chi connectivity index (χ1) is 15.2. The molecule has 156 valence electrons. The van der Waals surface area contributed by atoms with Gasteiger partial charge in [-0.1, -0.05) is 24.3 Å². The summed E-state index contributed by atoms with van der Waals surface area (Å²) < 4.78 is 16.8. The van der Waals surface area contributed by atoms with Gasteiger partial charge in [0.1, 0.15) is 12.1 Å². The Morgan fingerprint density at radius 2 is 1.84 bits per heavy atom. The Balaban J connectivity index is 1.44. The molecule has 0 aliphatic carbocycles. The van der Waals surface area contributed by atoms with Crippen LogP contribution in [0, 0.1) is 5.82 Å². The van der Waals surface area contributed by atoms with Gasteiger partial charge in [-0.3, -0.25) is 9.20 Å². The first kappa shape index (κ1) is 19.3. The predicted octanol–water partition coefficient (Wildman–Crippen LogP) is 4.11. The molecule has 1 aliphatic rings. The minimum atomic E-state index is -0.238. The number of piperazine rings is 1. The van der Waals surface area contributed by atoms with E-state index < -0.39 is 0 Å². The molecule has 0 radical (unpaired) electrons. The van der Waals surface area contributed by atoms with Gasteiger partial charge >= 0.3 is 0 Å². The SMILES string of the molecule is O=Cc1ccc(-c2ccc(Nc3ccc(N4CCNCC4)c(F)c3)c3nccn23)cc1. The van der Waals surface area contributed by atoms with Crippen LogP contribution in [0.5, 0.6) is 0 Å². The van der Waals surface area contributed by atoms with Gasteiger partial charge in [0.2, 0.25) is 0 Å². The topological polar surface area (TPSA) is 61.7 Å². The molecule has 0 atom stereocenters. The first-order valence-electron chi connectivity index (χ1n) is 10.3. The molecule has 3 heterocycles. The Morgan fingerprint density at radius 3 is 2.58 bits per heavy atom. The summed E-state index contributed by atoms with van der Waals surface area (Å²) in [6.45, 7) is 3.32.